The molecule has 0 aromatic heterocycles. The fourth-order valence-electron chi connectivity index (χ4n) is 2.44. The zero-order chi connectivity index (χ0) is 14.5. The second-order valence-electron chi connectivity index (χ2n) is 5.26. The molecule has 1 aliphatic carbocycles. The SMILES string of the molecule is O=C(CN(CCCO)C1CCC1)c1ccc(O)cc1O. The van der Waals surface area contributed by atoms with Crippen molar-refractivity contribution in [2.45, 2.75) is 31.7 Å². The number of ketones is 1. The molecular weight excluding hydrogens is 258 g/mol. The van der Waals surface area contributed by atoms with Gasteiger partial charge in [0.2, 0.25) is 0 Å². The van der Waals surface area contributed by atoms with Gasteiger partial charge in [0.25, 0.3) is 0 Å². The van der Waals surface area contributed by atoms with Crippen LogP contribution in [0.25, 0.3) is 0 Å². The van der Waals surface area contributed by atoms with E-state index in [-0.39, 0.29) is 36.0 Å². The smallest absolute Gasteiger partial charge is 0.180 e. The molecule has 2 rings (SSSR count). The van der Waals surface area contributed by atoms with Crippen LogP contribution in [0.3, 0.4) is 0 Å². The molecule has 1 aromatic rings. The molecule has 0 bridgehead atoms. The Balaban J connectivity index is 2.03. The van der Waals surface area contributed by atoms with E-state index in [1.807, 2.05) is 0 Å². The van der Waals surface area contributed by atoms with Gasteiger partial charge in [-0.3, -0.25) is 9.69 Å². The monoisotopic (exact) mass is 279 g/mol. The highest BCUT2D eigenvalue weighted by atomic mass is 16.3. The summed E-state index contributed by atoms with van der Waals surface area (Å²) in [5, 5.41) is 27.9. The lowest BCUT2D eigenvalue weighted by atomic mass is 9.91. The van der Waals surface area contributed by atoms with Gasteiger partial charge in [0.05, 0.1) is 12.1 Å². The number of carbonyl (C=O) groups is 1. The third kappa shape index (κ3) is 3.49. The van der Waals surface area contributed by atoms with Crippen LogP contribution in [-0.2, 0) is 0 Å². The number of phenolic OH excluding ortho intramolecular Hbond substituents is 2. The average Bonchev–Trinajstić information content (AvgIpc) is 2.33. The Morgan fingerprint density at radius 1 is 1.30 bits per heavy atom. The van der Waals surface area contributed by atoms with Gasteiger partial charge >= 0.3 is 0 Å². The highest BCUT2D eigenvalue weighted by molar-refractivity contribution is 6.00. The topological polar surface area (TPSA) is 81.0 Å². The predicted octanol–water partition coefficient (Wildman–Crippen LogP) is 1.52. The summed E-state index contributed by atoms with van der Waals surface area (Å²) in [6.07, 6.45) is 3.99. The molecule has 0 unspecified atom stereocenters. The standard InChI is InChI=1S/C15H21NO4/c17-8-2-7-16(11-3-1-4-11)10-15(20)13-6-5-12(18)9-14(13)19/h5-6,9,11,17-19H,1-4,7-8,10H2. The molecule has 0 saturated heterocycles. The predicted molar refractivity (Wildman–Crippen MR) is 75.0 cm³/mol. The normalized spacial score (nSPS) is 15.3. The lowest BCUT2D eigenvalue weighted by molar-refractivity contribution is 0.0785. The van der Waals surface area contributed by atoms with E-state index < -0.39 is 0 Å². The van der Waals surface area contributed by atoms with Gasteiger partial charge in [0, 0.05) is 25.3 Å². The quantitative estimate of drug-likeness (QED) is 0.659. The first-order chi connectivity index (χ1) is 9.61. The molecule has 20 heavy (non-hydrogen) atoms. The minimum absolute atomic E-state index is 0.0600. The number of phenols is 2. The zero-order valence-electron chi connectivity index (χ0n) is 11.5. The zero-order valence-corrected chi connectivity index (χ0v) is 11.5. The fourth-order valence-corrected chi connectivity index (χ4v) is 2.44. The molecule has 1 fully saturated rings. The largest absolute Gasteiger partial charge is 0.508 e. The first kappa shape index (κ1) is 14.8. The van der Waals surface area contributed by atoms with E-state index in [2.05, 4.69) is 4.90 Å². The van der Waals surface area contributed by atoms with E-state index in [9.17, 15) is 15.0 Å². The van der Waals surface area contributed by atoms with E-state index in [1.54, 1.807) is 0 Å². The van der Waals surface area contributed by atoms with Gasteiger partial charge in [-0.25, -0.2) is 0 Å². The molecule has 110 valence electrons. The van der Waals surface area contributed by atoms with Crippen LogP contribution in [0.5, 0.6) is 11.5 Å². The maximum Gasteiger partial charge on any atom is 0.180 e. The third-order valence-corrected chi connectivity index (χ3v) is 3.82. The maximum absolute atomic E-state index is 12.2. The number of aliphatic hydroxyl groups excluding tert-OH is 1. The molecule has 1 saturated carbocycles. The summed E-state index contributed by atoms with van der Waals surface area (Å²) in [4.78, 5) is 14.3. The van der Waals surface area contributed by atoms with Crippen molar-refractivity contribution in [2.75, 3.05) is 19.7 Å². The van der Waals surface area contributed by atoms with Crippen molar-refractivity contribution >= 4 is 5.78 Å². The molecular formula is C15H21NO4. The summed E-state index contributed by atoms with van der Waals surface area (Å²) in [5.41, 5.74) is 0.233. The molecule has 0 aliphatic heterocycles. The molecule has 0 radical (unpaired) electrons. The highest BCUT2D eigenvalue weighted by Crippen LogP contribution is 2.27. The Morgan fingerprint density at radius 3 is 2.60 bits per heavy atom. The van der Waals surface area contributed by atoms with Crippen LogP contribution in [0.15, 0.2) is 18.2 Å². The molecule has 0 atom stereocenters. The molecule has 0 amide bonds. The van der Waals surface area contributed by atoms with Crippen molar-refractivity contribution in [2.24, 2.45) is 0 Å². The van der Waals surface area contributed by atoms with Gasteiger partial charge in [0.1, 0.15) is 11.5 Å². The van der Waals surface area contributed by atoms with Crippen LogP contribution >= 0.6 is 0 Å². The summed E-state index contributed by atoms with van der Waals surface area (Å²) in [5.74, 6) is -0.409. The number of hydrogen-bond acceptors (Lipinski definition) is 5. The van der Waals surface area contributed by atoms with Crippen LogP contribution in [0.2, 0.25) is 0 Å². The Hall–Kier alpha value is -1.59. The van der Waals surface area contributed by atoms with Crippen molar-refractivity contribution in [3.8, 4) is 11.5 Å². The van der Waals surface area contributed by atoms with Crippen molar-refractivity contribution in [1.82, 2.24) is 4.90 Å². The van der Waals surface area contributed by atoms with E-state index in [1.165, 1.54) is 24.6 Å². The van der Waals surface area contributed by atoms with E-state index in [4.69, 9.17) is 5.11 Å². The third-order valence-electron chi connectivity index (χ3n) is 3.82. The van der Waals surface area contributed by atoms with Crippen LogP contribution in [0, 0.1) is 0 Å². The molecule has 3 N–H and O–H groups in total. The Kier molecular flexibility index (Phi) is 4.98. The number of hydrogen-bond donors (Lipinski definition) is 3. The number of rotatable bonds is 7. The van der Waals surface area contributed by atoms with Gasteiger partial charge < -0.3 is 15.3 Å². The number of aromatic hydroxyl groups is 2. The number of carbonyl (C=O) groups excluding carboxylic acids is 1. The number of aliphatic hydroxyl groups is 1. The average molecular weight is 279 g/mol. The van der Waals surface area contributed by atoms with Gasteiger partial charge in [-0.2, -0.15) is 0 Å². The van der Waals surface area contributed by atoms with Crippen molar-refractivity contribution in [3.63, 3.8) is 0 Å². The molecule has 5 heteroatoms. The van der Waals surface area contributed by atoms with Gasteiger partial charge in [-0.05, 0) is 31.4 Å². The Labute approximate surface area is 118 Å². The Morgan fingerprint density at radius 2 is 2.05 bits per heavy atom. The van der Waals surface area contributed by atoms with E-state index in [0.717, 1.165) is 12.8 Å². The minimum atomic E-state index is -0.189. The summed E-state index contributed by atoms with van der Waals surface area (Å²) in [7, 11) is 0. The maximum atomic E-state index is 12.2. The first-order valence-electron chi connectivity index (χ1n) is 7.02. The van der Waals surface area contributed by atoms with Crippen molar-refractivity contribution in [1.29, 1.82) is 0 Å². The second kappa shape index (κ2) is 6.72. The van der Waals surface area contributed by atoms with Crippen molar-refractivity contribution in [3.05, 3.63) is 23.8 Å². The lowest BCUT2D eigenvalue weighted by Crippen LogP contribution is -2.43. The van der Waals surface area contributed by atoms with Crippen LogP contribution in [0.4, 0.5) is 0 Å². The number of Topliss-reactive ketones (excluding diaryl/α,β-unsaturated/α-hetero) is 1. The minimum Gasteiger partial charge on any atom is -0.508 e. The first-order valence-corrected chi connectivity index (χ1v) is 7.02. The van der Waals surface area contributed by atoms with Crippen LogP contribution in [-0.4, -0.2) is 51.7 Å². The molecule has 5 nitrogen and oxygen atoms in total. The number of nitrogens with zero attached hydrogens (tertiary/aromatic N) is 1. The van der Waals surface area contributed by atoms with E-state index in [0.29, 0.717) is 19.0 Å². The molecule has 0 spiro atoms. The Bertz CT molecular complexity index is 471. The summed E-state index contributed by atoms with van der Waals surface area (Å²) >= 11 is 0. The van der Waals surface area contributed by atoms with Gasteiger partial charge in [-0.15, -0.1) is 0 Å². The molecule has 0 heterocycles. The van der Waals surface area contributed by atoms with Crippen molar-refractivity contribution < 1.29 is 20.1 Å². The van der Waals surface area contributed by atoms with Crippen LogP contribution in [0.1, 0.15) is 36.0 Å². The number of benzene rings is 1. The van der Waals surface area contributed by atoms with Crippen LogP contribution < -0.4 is 0 Å². The summed E-state index contributed by atoms with van der Waals surface area (Å²) < 4.78 is 0. The lowest BCUT2D eigenvalue weighted by Gasteiger charge is -2.37. The van der Waals surface area contributed by atoms with Gasteiger partial charge in [-0.1, -0.05) is 6.42 Å². The molecule has 1 aromatic carbocycles. The second-order valence-corrected chi connectivity index (χ2v) is 5.26. The summed E-state index contributed by atoms with van der Waals surface area (Å²) in [6.45, 7) is 1.04. The summed E-state index contributed by atoms with van der Waals surface area (Å²) in [6, 6.07) is 4.42. The van der Waals surface area contributed by atoms with Gasteiger partial charge in [0.15, 0.2) is 5.78 Å². The molecule has 1 aliphatic rings. The van der Waals surface area contributed by atoms with E-state index >= 15 is 0 Å². The fraction of sp³-hybridized carbons (Fsp3) is 0.533. The highest BCUT2D eigenvalue weighted by Gasteiger charge is 2.27.